The number of aliphatic imine (C=N–C) groups is 2. The standard InChI is InChI=1S/C21H19F2N3O4S/c1-28-15-10-16(18(23)17(11-15)30-9-8-22)19(20(31-3)26-21(27)29-2)25-14-6-4-13(12-24)5-7-14/h4-7,10-11H,8-9H2,1-3H3. The predicted molar refractivity (Wildman–Crippen MR) is 115 cm³/mol. The number of methoxy groups -OCH3 is 2. The molecule has 0 saturated heterocycles. The van der Waals surface area contributed by atoms with Crippen molar-refractivity contribution >= 4 is 34.3 Å². The number of nitriles is 1. The fourth-order valence-corrected chi connectivity index (χ4v) is 2.92. The average Bonchev–Trinajstić information content (AvgIpc) is 2.80. The van der Waals surface area contributed by atoms with Crippen LogP contribution in [0.4, 0.5) is 19.3 Å². The maximum atomic E-state index is 15.3. The van der Waals surface area contributed by atoms with Crippen LogP contribution >= 0.6 is 11.8 Å². The van der Waals surface area contributed by atoms with Crippen LogP contribution in [0, 0.1) is 17.1 Å². The number of alkyl halides is 1. The molecule has 0 atom stereocenters. The zero-order valence-electron chi connectivity index (χ0n) is 17.0. The highest BCUT2D eigenvalue weighted by molar-refractivity contribution is 8.15. The predicted octanol–water partition coefficient (Wildman–Crippen LogP) is 4.70. The lowest BCUT2D eigenvalue weighted by Crippen LogP contribution is -2.17. The van der Waals surface area contributed by atoms with Gasteiger partial charge in [-0.05, 0) is 36.6 Å². The largest absolute Gasteiger partial charge is 0.497 e. The molecule has 0 aliphatic rings. The molecule has 0 saturated carbocycles. The van der Waals surface area contributed by atoms with E-state index in [1.807, 2.05) is 6.07 Å². The lowest BCUT2D eigenvalue weighted by molar-refractivity contribution is 0.183. The van der Waals surface area contributed by atoms with Crippen LogP contribution in [-0.2, 0) is 4.74 Å². The first kappa shape index (κ1) is 23.8. The molecule has 0 radical (unpaired) electrons. The minimum Gasteiger partial charge on any atom is -0.497 e. The molecule has 0 aliphatic carbocycles. The fourth-order valence-electron chi connectivity index (χ4n) is 2.40. The van der Waals surface area contributed by atoms with Gasteiger partial charge in [-0.3, -0.25) is 0 Å². The summed E-state index contributed by atoms with van der Waals surface area (Å²) in [6.45, 7) is -1.16. The number of carbonyl (C=O) groups is 1. The zero-order chi connectivity index (χ0) is 22.8. The van der Waals surface area contributed by atoms with Gasteiger partial charge in [-0.15, -0.1) is 11.8 Å². The molecule has 0 aromatic heterocycles. The number of hydrogen-bond donors (Lipinski definition) is 0. The molecule has 0 unspecified atom stereocenters. The molecular weight excluding hydrogens is 428 g/mol. The molecule has 10 heteroatoms. The first-order valence-electron chi connectivity index (χ1n) is 8.83. The number of benzene rings is 2. The highest BCUT2D eigenvalue weighted by Crippen LogP contribution is 2.30. The van der Waals surface area contributed by atoms with E-state index in [-0.39, 0.29) is 34.4 Å². The summed E-state index contributed by atoms with van der Waals surface area (Å²) in [4.78, 5) is 20.0. The fraction of sp³-hybridized carbons (Fsp3) is 0.238. The number of halogens is 2. The van der Waals surface area contributed by atoms with Crippen molar-refractivity contribution in [2.24, 2.45) is 9.98 Å². The van der Waals surface area contributed by atoms with Gasteiger partial charge in [0.15, 0.2) is 11.6 Å². The topological polar surface area (TPSA) is 93.3 Å². The van der Waals surface area contributed by atoms with E-state index in [1.165, 1.54) is 19.2 Å². The van der Waals surface area contributed by atoms with Crippen LogP contribution in [0.25, 0.3) is 0 Å². The Morgan fingerprint density at radius 1 is 1.23 bits per heavy atom. The molecule has 0 heterocycles. The number of hydrogen-bond acceptors (Lipinski definition) is 7. The van der Waals surface area contributed by atoms with E-state index in [2.05, 4.69) is 14.7 Å². The number of carbonyl (C=O) groups excluding carboxylic acids is 1. The van der Waals surface area contributed by atoms with Crippen LogP contribution in [0.15, 0.2) is 46.4 Å². The van der Waals surface area contributed by atoms with E-state index in [4.69, 9.17) is 14.7 Å². The lowest BCUT2D eigenvalue weighted by atomic mass is 10.1. The molecule has 162 valence electrons. The molecule has 0 N–H and O–H groups in total. The van der Waals surface area contributed by atoms with E-state index in [1.54, 1.807) is 30.5 Å². The number of nitrogens with zero attached hydrogens (tertiary/aromatic N) is 3. The van der Waals surface area contributed by atoms with E-state index in [9.17, 15) is 9.18 Å². The van der Waals surface area contributed by atoms with Crippen molar-refractivity contribution in [3.05, 3.63) is 53.3 Å². The normalized spacial score (nSPS) is 11.6. The molecule has 0 aliphatic heterocycles. The van der Waals surface area contributed by atoms with E-state index >= 15 is 4.39 Å². The highest BCUT2D eigenvalue weighted by Gasteiger charge is 2.22. The SMILES string of the molecule is COC(=O)N=C(SC)C(=Nc1ccc(C#N)cc1)c1cc(OC)cc(OCCF)c1F. The Balaban J connectivity index is 2.74. The van der Waals surface area contributed by atoms with E-state index in [0.717, 1.165) is 18.9 Å². The van der Waals surface area contributed by atoms with Gasteiger partial charge in [-0.1, -0.05) is 0 Å². The summed E-state index contributed by atoms with van der Waals surface area (Å²) in [5, 5.41) is 9.04. The van der Waals surface area contributed by atoms with Gasteiger partial charge in [0.05, 0.1) is 31.5 Å². The Hall–Kier alpha value is -3.45. The van der Waals surface area contributed by atoms with Gasteiger partial charge in [-0.2, -0.15) is 10.3 Å². The molecular formula is C21H19F2N3O4S. The minimum atomic E-state index is -0.894. The van der Waals surface area contributed by atoms with Crippen molar-refractivity contribution in [2.75, 3.05) is 33.8 Å². The molecule has 7 nitrogen and oxygen atoms in total. The highest BCUT2D eigenvalue weighted by atomic mass is 32.2. The van der Waals surface area contributed by atoms with Crippen molar-refractivity contribution < 1.29 is 27.8 Å². The first-order valence-corrected chi connectivity index (χ1v) is 10.1. The van der Waals surface area contributed by atoms with Gasteiger partial charge >= 0.3 is 6.09 Å². The number of amides is 1. The van der Waals surface area contributed by atoms with Crippen LogP contribution in [0.3, 0.4) is 0 Å². The maximum Gasteiger partial charge on any atom is 0.434 e. The monoisotopic (exact) mass is 447 g/mol. The van der Waals surface area contributed by atoms with Gasteiger partial charge in [0.2, 0.25) is 0 Å². The summed E-state index contributed by atoms with van der Waals surface area (Å²) >= 11 is 1.05. The molecule has 0 spiro atoms. The van der Waals surface area contributed by atoms with Gasteiger partial charge in [0.25, 0.3) is 0 Å². The third-order valence-electron chi connectivity index (χ3n) is 3.84. The van der Waals surface area contributed by atoms with E-state index in [0.29, 0.717) is 11.3 Å². The second-order valence-corrected chi connectivity index (χ2v) is 6.53. The molecule has 0 fully saturated rings. The van der Waals surface area contributed by atoms with E-state index < -0.39 is 18.6 Å². The van der Waals surface area contributed by atoms with Crippen LogP contribution in [0.5, 0.6) is 11.5 Å². The van der Waals surface area contributed by atoms with Crippen molar-refractivity contribution in [1.82, 2.24) is 0 Å². The smallest absolute Gasteiger partial charge is 0.434 e. The summed E-state index contributed by atoms with van der Waals surface area (Å²) in [7, 11) is 2.54. The van der Waals surface area contributed by atoms with Crippen LogP contribution in [-0.4, -0.2) is 50.6 Å². The summed E-state index contributed by atoms with van der Waals surface area (Å²) < 4.78 is 42.8. The molecule has 1 amide bonds. The Morgan fingerprint density at radius 2 is 1.94 bits per heavy atom. The average molecular weight is 447 g/mol. The summed E-state index contributed by atoms with van der Waals surface area (Å²) in [6.07, 6.45) is 0.739. The Morgan fingerprint density at radius 3 is 2.48 bits per heavy atom. The Kier molecular flexibility index (Phi) is 8.96. The summed E-state index contributed by atoms with van der Waals surface area (Å²) in [5.74, 6) is -0.831. The van der Waals surface area contributed by atoms with Gasteiger partial charge < -0.3 is 14.2 Å². The molecule has 2 rings (SSSR count). The van der Waals surface area contributed by atoms with Gasteiger partial charge in [-0.25, -0.2) is 18.6 Å². The third-order valence-corrected chi connectivity index (χ3v) is 4.51. The summed E-state index contributed by atoms with van der Waals surface area (Å²) in [5.41, 5.74) is 0.732. The van der Waals surface area contributed by atoms with Crippen molar-refractivity contribution in [1.29, 1.82) is 5.26 Å². The Bertz CT molecular complexity index is 1030. The van der Waals surface area contributed by atoms with Crippen LogP contribution in [0.2, 0.25) is 0 Å². The Labute approximate surface area is 182 Å². The van der Waals surface area contributed by atoms with Crippen LogP contribution in [0.1, 0.15) is 11.1 Å². The number of thioether (sulfide) groups is 1. The first-order chi connectivity index (χ1) is 15.0. The van der Waals surface area contributed by atoms with Crippen LogP contribution < -0.4 is 9.47 Å². The van der Waals surface area contributed by atoms with Gasteiger partial charge in [0, 0.05) is 11.6 Å². The van der Waals surface area contributed by atoms with Gasteiger partial charge in [0.1, 0.15) is 29.8 Å². The summed E-state index contributed by atoms with van der Waals surface area (Å²) in [6, 6.07) is 10.9. The van der Waals surface area contributed by atoms with Crippen molar-refractivity contribution in [3.63, 3.8) is 0 Å². The second-order valence-electron chi connectivity index (χ2n) is 5.73. The second kappa shape index (κ2) is 11.7. The zero-order valence-corrected chi connectivity index (χ0v) is 17.8. The quantitative estimate of drug-likeness (QED) is 0.451. The minimum absolute atomic E-state index is 0.00380. The van der Waals surface area contributed by atoms with Crippen molar-refractivity contribution in [3.8, 4) is 17.6 Å². The maximum absolute atomic E-state index is 15.3. The molecule has 2 aromatic carbocycles. The number of rotatable bonds is 7. The third kappa shape index (κ3) is 6.26. The molecule has 0 bridgehead atoms. The number of ether oxygens (including phenoxy) is 3. The van der Waals surface area contributed by atoms with Crippen molar-refractivity contribution in [2.45, 2.75) is 0 Å². The molecule has 31 heavy (non-hydrogen) atoms. The molecule has 2 aromatic rings. The lowest BCUT2D eigenvalue weighted by Gasteiger charge is -2.14.